The molecule has 0 saturated carbocycles. The second kappa shape index (κ2) is 9.26. The number of benzene rings is 1. The zero-order chi connectivity index (χ0) is 21.7. The van der Waals surface area contributed by atoms with Gasteiger partial charge in [0.2, 0.25) is 0 Å². The highest BCUT2D eigenvalue weighted by Gasteiger charge is 2.48. The number of sulfone groups is 1. The number of rotatable bonds is 7. The number of hydrogen-bond donors (Lipinski definition) is 2. The molecule has 2 unspecified atom stereocenters. The number of cyclic esters (lactones) is 1. The fourth-order valence-electron chi connectivity index (χ4n) is 2.85. The van der Waals surface area contributed by atoms with Crippen molar-refractivity contribution in [2.75, 3.05) is 31.4 Å². The monoisotopic (exact) mass is 424 g/mol. The van der Waals surface area contributed by atoms with Crippen LogP contribution in [0.2, 0.25) is 0 Å². The van der Waals surface area contributed by atoms with E-state index < -0.39 is 32.7 Å². The van der Waals surface area contributed by atoms with Crippen molar-refractivity contribution in [1.29, 1.82) is 0 Å². The molecule has 0 bridgehead atoms. The number of carbonyl (C=O) groups excluding carboxylic acids is 2. The summed E-state index contributed by atoms with van der Waals surface area (Å²) in [6.45, 7) is 1.80. The van der Waals surface area contributed by atoms with E-state index in [1.165, 1.54) is 17.3 Å². The smallest absolute Gasteiger partial charge is 0.414 e. The molecule has 29 heavy (non-hydrogen) atoms. The molecule has 0 radical (unpaired) electrons. The lowest BCUT2D eigenvalue weighted by atomic mass is 10.0. The highest BCUT2D eigenvalue weighted by atomic mass is 32.2. The van der Waals surface area contributed by atoms with Crippen molar-refractivity contribution in [3.8, 4) is 11.8 Å². The Morgan fingerprint density at radius 3 is 2.62 bits per heavy atom. The van der Waals surface area contributed by atoms with Crippen molar-refractivity contribution < 1.29 is 32.7 Å². The normalized spacial score (nSPS) is 18.4. The number of carbonyl (C=O) groups is 2. The quantitative estimate of drug-likeness (QED) is 0.291. The highest BCUT2D eigenvalue weighted by Crippen LogP contribution is 2.30. The average molecular weight is 424 g/mol. The molecule has 1 aromatic carbocycles. The number of nitrogens with one attached hydrogen (secondary N) is 1. The van der Waals surface area contributed by atoms with Crippen LogP contribution in [-0.4, -0.2) is 63.0 Å². The van der Waals surface area contributed by atoms with Gasteiger partial charge in [0.1, 0.15) is 6.10 Å². The summed E-state index contributed by atoms with van der Waals surface area (Å²) in [6, 6.07) is 6.94. The summed E-state index contributed by atoms with van der Waals surface area (Å²) in [6.07, 6.45) is -0.270. The maximum Gasteiger partial charge on any atom is 0.414 e. The van der Waals surface area contributed by atoms with Crippen LogP contribution in [-0.2, 0) is 24.1 Å². The van der Waals surface area contributed by atoms with E-state index in [-0.39, 0.29) is 13.0 Å². The summed E-state index contributed by atoms with van der Waals surface area (Å²) >= 11 is 0. The summed E-state index contributed by atoms with van der Waals surface area (Å²) in [5.41, 5.74) is 2.72. The first-order valence-corrected chi connectivity index (χ1v) is 10.7. The molecule has 158 valence electrons. The van der Waals surface area contributed by atoms with Crippen LogP contribution in [0.4, 0.5) is 10.5 Å². The van der Waals surface area contributed by atoms with Crippen LogP contribution in [0.25, 0.3) is 0 Å². The van der Waals surface area contributed by atoms with Gasteiger partial charge >= 0.3 is 6.09 Å². The van der Waals surface area contributed by atoms with Gasteiger partial charge in [-0.05, 0) is 31.2 Å². The van der Waals surface area contributed by atoms with Crippen LogP contribution >= 0.6 is 0 Å². The predicted molar refractivity (Wildman–Crippen MR) is 105 cm³/mol. The van der Waals surface area contributed by atoms with E-state index in [4.69, 9.17) is 14.7 Å². The Morgan fingerprint density at radius 2 is 2.07 bits per heavy atom. The van der Waals surface area contributed by atoms with Gasteiger partial charge in [0.05, 0.1) is 13.2 Å². The van der Waals surface area contributed by atoms with Gasteiger partial charge in [0.25, 0.3) is 5.91 Å². The Bertz CT molecular complexity index is 918. The van der Waals surface area contributed by atoms with Crippen LogP contribution in [0, 0.1) is 11.8 Å². The van der Waals surface area contributed by atoms with Gasteiger partial charge in [0, 0.05) is 37.5 Å². The van der Waals surface area contributed by atoms with E-state index in [0.717, 1.165) is 11.8 Å². The third-order valence-corrected chi connectivity index (χ3v) is 6.72. The second-order valence-electron chi connectivity index (χ2n) is 6.86. The summed E-state index contributed by atoms with van der Waals surface area (Å²) in [5.74, 6) is 4.87. The third-order valence-electron chi connectivity index (χ3n) is 4.73. The van der Waals surface area contributed by atoms with E-state index in [1.54, 1.807) is 31.4 Å². The molecule has 10 heteroatoms. The van der Waals surface area contributed by atoms with E-state index in [1.807, 2.05) is 0 Å². The predicted octanol–water partition coefficient (Wildman–Crippen LogP) is 1.10. The van der Waals surface area contributed by atoms with E-state index in [2.05, 4.69) is 11.8 Å². The summed E-state index contributed by atoms with van der Waals surface area (Å²) < 4.78 is 32.4. The Kier molecular flexibility index (Phi) is 7.24. The Hall–Kier alpha value is -2.61. The maximum atomic E-state index is 12.3. The van der Waals surface area contributed by atoms with Gasteiger partial charge in [-0.1, -0.05) is 11.8 Å². The molecule has 0 spiro atoms. The number of methoxy groups -OCH3 is 1. The lowest BCUT2D eigenvalue weighted by molar-refractivity contribution is -0.132. The zero-order valence-corrected chi connectivity index (χ0v) is 17.3. The molecular weight excluding hydrogens is 400 g/mol. The summed E-state index contributed by atoms with van der Waals surface area (Å²) in [4.78, 5) is 25.6. The van der Waals surface area contributed by atoms with Crippen molar-refractivity contribution in [2.24, 2.45) is 0 Å². The molecule has 0 aromatic heterocycles. The molecular formula is C19H24N2O7S. The van der Waals surface area contributed by atoms with Crippen LogP contribution in [0.3, 0.4) is 0 Å². The molecule has 2 N–H and O–H groups in total. The number of amides is 2. The second-order valence-corrected chi connectivity index (χ2v) is 9.30. The number of hydrogen-bond acceptors (Lipinski definition) is 7. The van der Waals surface area contributed by atoms with Gasteiger partial charge in [-0.3, -0.25) is 14.9 Å². The molecule has 2 rings (SSSR count). The largest absolute Gasteiger partial charge is 0.444 e. The van der Waals surface area contributed by atoms with E-state index in [9.17, 15) is 18.0 Å². The highest BCUT2D eigenvalue weighted by molar-refractivity contribution is 7.92. The SMILES string of the molecule is COCCC#Cc1ccc(N2CC(CC(C)(C(=O)NO)S(C)(=O)=O)OC2=O)cc1. The average Bonchev–Trinajstić information content (AvgIpc) is 3.04. The number of ether oxygens (including phenoxy) is 2. The first-order chi connectivity index (χ1) is 13.6. The lowest BCUT2D eigenvalue weighted by Gasteiger charge is -2.26. The molecule has 0 aliphatic carbocycles. The lowest BCUT2D eigenvalue weighted by Crippen LogP contribution is -2.51. The summed E-state index contributed by atoms with van der Waals surface area (Å²) in [5, 5.41) is 8.91. The van der Waals surface area contributed by atoms with Crippen LogP contribution in [0.5, 0.6) is 0 Å². The molecule has 1 saturated heterocycles. The molecule has 1 fully saturated rings. The molecule has 2 amide bonds. The molecule has 9 nitrogen and oxygen atoms in total. The van der Waals surface area contributed by atoms with Crippen molar-refractivity contribution in [1.82, 2.24) is 5.48 Å². The fraction of sp³-hybridized carbons (Fsp3) is 0.474. The van der Waals surface area contributed by atoms with Crippen molar-refractivity contribution >= 4 is 27.5 Å². The van der Waals surface area contributed by atoms with Gasteiger partial charge in [0.15, 0.2) is 14.6 Å². The number of nitrogens with zero attached hydrogens (tertiary/aromatic N) is 1. The van der Waals surface area contributed by atoms with Gasteiger partial charge < -0.3 is 9.47 Å². The Labute approximate surface area is 169 Å². The van der Waals surface area contributed by atoms with Crippen molar-refractivity contribution in [3.05, 3.63) is 29.8 Å². The van der Waals surface area contributed by atoms with Crippen LogP contribution in [0.15, 0.2) is 24.3 Å². The van der Waals surface area contributed by atoms with Crippen molar-refractivity contribution in [2.45, 2.75) is 30.6 Å². The fourth-order valence-corrected chi connectivity index (χ4v) is 3.72. The maximum absolute atomic E-state index is 12.3. The minimum Gasteiger partial charge on any atom is -0.444 e. The first kappa shape index (κ1) is 22.7. The molecule has 1 aliphatic heterocycles. The Balaban J connectivity index is 2.11. The standard InChI is InChI=1S/C19H24N2O7S/c1-19(17(22)20-24,29(3,25)26)12-16-13-21(18(23)28-16)15-9-7-14(8-10-15)6-4-5-11-27-2/h7-10,16,24H,5,11-13H2,1-3H3,(H,20,22). The number of hydroxylamine groups is 1. The van der Waals surface area contributed by atoms with E-state index >= 15 is 0 Å². The summed E-state index contributed by atoms with van der Waals surface area (Å²) in [7, 11) is -2.28. The molecule has 2 atom stereocenters. The zero-order valence-electron chi connectivity index (χ0n) is 16.5. The van der Waals surface area contributed by atoms with Gasteiger partial charge in [-0.15, -0.1) is 0 Å². The van der Waals surface area contributed by atoms with Crippen LogP contribution < -0.4 is 10.4 Å². The molecule has 1 aromatic rings. The third kappa shape index (κ3) is 5.26. The topological polar surface area (TPSA) is 122 Å². The van der Waals surface area contributed by atoms with Gasteiger partial charge in [-0.2, -0.15) is 0 Å². The van der Waals surface area contributed by atoms with Gasteiger partial charge in [-0.25, -0.2) is 18.7 Å². The minimum absolute atomic E-state index is 0.0709. The molecule has 1 heterocycles. The number of anilines is 1. The first-order valence-electron chi connectivity index (χ1n) is 8.82. The Morgan fingerprint density at radius 1 is 1.41 bits per heavy atom. The van der Waals surface area contributed by atoms with Crippen LogP contribution in [0.1, 0.15) is 25.3 Å². The molecule has 1 aliphatic rings. The van der Waals surface area contributed by atoms with Crippen molar-refractivity contribution in [3.63, 3.8) is 0 Å². The van der Waals surface area contributed by atoms with E-state index in [0.29, 0.717) is 18.7 Å². The minimum atomic E-state index is -3.89.